The van der Waals surface area contributed by atoms with E-state index in [1.165, 1.54) is 11.3 Å². The monoisotopic (exact) mass is 458 g/mol. The summed E-state index contributed by atoms with van der Waals surface area (Å²) < 4.78 is 5.68. The molecule has 0 spiro atoms. The molecule has 2 aromatic carbocycles. The number of benzene rings is 2. The molecule has 0 fully saturated rings. The van der Waals surface area contributed by atoms with E-state index in [-0.39, 0.29) is 5.92 Å². The van der Waals surface area contributed by atoms with Crippen LogP contribution >= 0.6 is 22.9 Å². The lowest BCUT2D eigenvalue weighted by atomic mass is 9.88. The number of aliphatic hydroxyl groups is 1. The van der Waals surface area contributed by atoms with Crippen molar-refractivity contribution in [1.29, 1.82) is 0 Å². The summed E-state index contributed by atoms with van der Waals surface area (Å²) in [4.78, 5) is 11.7. The van der Waals surface area contributed by atoms with E-state index >= 15 is 0 Å². The van der Waals surface area contributed by atoms with Gasteiger partial charge in [0.15, 0.2) is 6.23 Å². The summed E-state index contributed by atoms with van der Waals surface area (Å²) in [5.41, 5.74) is 5.42. The molecular formula is C23H23ClN2O4S. The Morgan fingerprint density at radius 1 is 1.29 bits per heavy atom. The number of nitrogens with one attached hydrogen (secondary N) is 2. The van der Waals surface area contributed by atoms with E-state index < -0.39 is 12.3 Å². The van der Waals surface area contributed by atoms with Crippen LogP contribution in [0.25, 0.3) is 22.3 Å². The van der Waals surface area contributed by atoms with E-state index in [9.17, 15) is 9.90 Å². The van der Waals surface area contributed by atoms with Gasteiger partial charge in [-0.15, -0.1) is 11.3 Å². The molecule has 1 aromatic heterocycles. The highest BCUT2D eigenvalue weighted by atomic mass is 35.5. The first-order chi connectivity index (χ1) is 14.9. The fourth-order valence-electron chi connectivity index (χ4n) is 4.06. The van der Waals surface area contributed by atoms with Crippen LogP contribution in [0.5, 0.6) is 5.75 Å². The van der Waals surface area contributed by atoms with Gasteiger partial charge in [-0.1, -0.05) is 42.8 Å². The summed E-state index contributed by atoms with van der Waals surface area (Å²) in [6, 6.07) is 11.8. The molecule has 0 saturated carbocycles. The highest BCUT2D eigenvalue weighted by molar-refractivity contribution is 7.10. The first kappa shape index (κ1) is 21.5. The molecule has 4 N–H and O–H groups in total. The van der Waals surface area contributed by atoms with E-state index in [2.05, 4.69) is 10.6 Å². The largest absolute Gasteiger partial charge is 0.496 e. The zero-order valence-corrected chi connectivity index (χ0v) is 18.7. The molecule has 162 valence electrons. The summed E-state index contributed by atoms with van der Waals surface area (Å²) in [7, 11) is 1.61. The highest BCUT2D eigenvalue weighted by Gasteiger charge is 2.30. The maximum Gasteiger partial charge on any atom is 0.404 e. The van der Waals surface area contributed by atoms with Crippen LogP contribution in [0.3, 0.4) is 0 Å². The Morgan fingerprint density at radius 3 is 2.68 bits per heavy atom. The Bertz CT molecular complexity index is 1110. The maximum atomic E-state index is 10.9. The number of methoxy groups -OCH3 is 1. The minimum atomic E-state index is -1.02. The number of amides is 1. The predicted molar refractivity (Wildman–Crippen MR) is 124 cm³/mol. The van der Waals surface area contributed by atoms with Crippen LogP contribution in [0.1, 0.15) is 35.9 Å². The van der Waals surface area contributed by atoms with Crippen LogP contribution in [-0.4, -0.2) is 30.0 Å². The van der Waals surface area contributed by atoms with Crippen LogP contribution in [0.4, 0.5) is 10.5 Å². The van der Waals surface area contributed by atoms with Gasteiger partial charge >= 0.3 is 6.09 Å². The fourth-order valence-corrected chi connectivity index (χ4v) is 5.14. The predicted octanol–water partition coefficient (Wildman–Crippen LogP) is 5.92. The number of carbonyl (C=O) groups is 1. The molecule has 3 aromatic rings. The third-order valence-corrected chi connectivity index (χ3v) is 6.89. The summed E-state index contributed by atoms with van der Waals surface area (Å²) in [5, 5.41) is 27.4. The van der Waals surface area contributed by atoms with Crippen molar-refractivity contribution in [2.45, 2.75) is 25.5 Å². The molecule has 0 aliphatic carbocycles. The second kappa shape index (κ2) is 8.78. The second-order valence-corrected chi connectivity index (χ2v) is 8.70. The standard InChI is InChI=1S/C23H23ClN2O4S/c1-3-12(11-25-23(28)29)13-4-6-14(7-5-13)18-17(30-2)10-16(24)20-19(18)15-8-9-31-21(15)22(27)26-20/h4-10,12,22,25-27H,3,11H2,1-2H3,(H,28,29). The number of hydrogen-bond acceptors (Lipinski definition) is 5. The van der Waals surface area contributed by atoms with Crippen LogP contribution in [-0.2, 0) is 0 Å². The first-order valence-corrected chi connectivity index (χ1v) is 11.2. The van der Waals surface area contributed by atoms with Gasteiger partial charge in [0.2, 0.25) is 0 Å². The number of rotatable bonds is 6. The van der Waals surface area contributed by atoms with Crippen molar-refractivity contribution in [3.05, 3.63) is 57.2 Å². The lowest BCUT2D eigenvalue weighted by Crippen LogP contribution is -2.26. The summed E-state index contributed by atoms with van der Waals surface area (Å²) in [6.07, 6.45) is -1.01. The van der Waals surface area contributed by atoms with Gasteiger partial charge in [0.05, 0.1) is 22.7 Å². The first-order valence-electron chi connectivity index (χ1n) is 9.94. The van der Waals surface area contributed by atoms with Gasteiger partial charge < -0.3 is 25.6 Å². The Balaban J connectivity index is 1.81. The van der Waals surface area contributed by atoms with Gasteiger partial charge in [-0.25, -0.2) is 4.79 Å². The van der Waals surface area contributed by atoms with Crippen molar-refractivity contribution in [3.63, 3.8) is 0 Å². The lowest BCUT2D eigenvalue weighted by molar-refractivity contribution is 0.193. The molecule has 2 unspecified atom stereocenters. The van der Waals surface area contributed by atoms with Crippen molar-refractivity contribution in [2.24, 2.45) is 0 Å². The molecule has 6 nitrogen and oxygen atoms in total. The minimum absolute atomic E-state index is 0.0893. The molecule has 0 bridgehead atoms. The molecule has 2 atom stereocenters. The molecule has 4 rings (SSSR count). The molecular weight excluding hydrogens is 436 g/mol. The van der Waals surface area contributed by atoms with E-state index in [0.717, 1.165) is 39.1 Å². The Labute approximate surface area is 189 Å². The molecule has 0 saturated heterocycles. The number of ether oxygens (including phenoxy) is 1. The topological polar surface area (TPSA) is 90.8 Å². The number of aliphatic hydroxyl groups excluding tert-OH is 1. The molecule has 1 aliphatic heterocycles. The quantitative estimate of drug-likeness (QED) is 0.368. The summed E-state index contributed by atoms with van der Waals surface area (Å²) in [6.45, 7) is 2.40. The van der Waals surface area contributed by atoms with Crippen LogP contribution < -0.4 is 15.4 Å². The van der Waals surface area contributed by atoms with Gasteiger partial charge in [-0.2, -0.15) is 0 Å². The fraction of sp³-hybridized carbons (Fsp3) is 0.261. The van der Waals surface area contributed by atoms with Crippen molar-refractivity contribution in [1.82, 2.24) is 5.32 Å². The van der Waals surface area contributed by atoms with Gasteiger partial charge in [0.25, 0.3) is 0 Å². The SMILES string of the molecule is CCC(CNC(=O)O)c1ccc(-c2c(OC)cc(Cl)c3c2-c2ccsc2C(O)N3)cc1. The van der Waals surface area contributed by atoms with Gasteiger partial charge in [-0.05, 0) is 29.0 Å². The molecule has 1 amide bonds. The normalized spacial score (nSPS) is 15.4. The molecule has 1 aliphatic rings. The third kappa shape index (κ3) is 3.96. The second-order valence-electron chi connectivity index (χ2n) is 7.34. The highest BCUT2D eigenvalue weighted by Crippen LogP contribution is 2.53. The Kier molecular flexibility index (Phi) is 6.09. The van der Waals surface area contributed by atoms with E-state index in [0.29, 0.717) is 23.0 Å². The zero-order chi connectivity index (χ0) is 22.1. The number of halogens is 1. The smallest absolute Gasteiger partial charge is 0.404 e. The van der Waals surface area contributed by atoms with E-state index in [1.807, 2.05) is 42.6 Å². The number of carboxylic acid groups (broad SMARTS) is 1. The summed E-state index contributed by atoms with van der Waals surface area (Å²) >= 11 is 8.01. The Hall–Kier alpha value is -2.74. The third-order valence-electron chi connectivity index (χ3n) is 5.62. The number of fused-ring (bicyclic) bond motifs is 3. The minimum Gasteiger partial charge on any atom is -0.496 e. The number of thiophene rings is 1. The van der Waals surface area contributed by atoms with Gasteiger partial charge in [0.1, 0.15) is 5.75 Å². The van der Waals surface area contributed by atoms with Gasteiger partial charge in [0, 0.05) is 35.2 Å². The van der Waals surface area contributed by atoms with Crippen LogP contribution in [0, 0.1) is 0 Å². The number of anilines is 1. The molecule has 0 radical (unpaired) electrons. The Morgan fingerprint density at radius 2 is 2.03 bits per heavy atom. The van der Waals surface area contributed by atoms with Crippen molar-refractivity contribution in [3.8, 4) is 28.0 Å². The summed E-state index contributed by atoms with van der Waals surface area (Å²) in [5.74, 6) is 0.734. The molecule has 31 heavy (non-hydrogen) atoms. The van der Waals surface area contributed by atoms with Crippen LogP contribution in [0.15, 0.2) is 41.8 Å². The lowest BCUT2D eigenvalue weighted by Gasteiger charge is -2.28. The van der Waals surface area contributed by atoms with Crippen LogP contribution in [0.2, 0.25) is 5.02 Å². The average molecular weight is 459 g/mol. The zero-order valence-electron chi connectivity index (χ0n) is 17.1. The van der Waals surface area contributed by atoms with Gasteiger partial charge in [-0.3, -0.25) is 0 Å². The molecule has 8 heteroatoms. The maximum absolute atomic E-state index is 10.9. The van der Waals surface area contributed by atoms with Crippen molar-refractivity contribution < 1.29 is 19.7 Å². The van der Waals surface area contributed by atoms with E-state index in [4.69, 9.17) is 21.4 Å². The number of hydrogen-bond donors (Lipinski definition) is 4. The van der Waals surface area contributed by atoms with Crippen molar-refractivity contribution in [2.75, 3.05) is 19.0 Å². The molecule has 2 heterocycles. The average Bonchev–Trinajstić information content (AvgIpc) is 3.26. The van der Waals surface area contributed by atoms with E-state index in [1.54, 1.807) is 13.2 Å². The van der Waals surface area contributed by atoms with Crippen molar-refractivity contribution >= 4 is 34.7 Å².